The lowest BCUT2D eigenvalue weighted by Crippen LogP contribution is -2.18. The van der Waals surface area contributed by atoms with Crippen LogP contribution in [0.15, 0.2) is 48.8 Å². The third-order valence-electron chi connectivity index (χ3n) is 4.47. The monoisotopic (exact) mass is 462 g/mol. The third-order valence-corrected chi connectivity index (χ3v) is 4.47. The van der Waals surface area contributed by atoms with Crippen molar-refractivity contribution in [3.63, 3.8) is 0 Å². The molecule has 12 nitrogen and oxygen atoms in total. The molecule has 0 saturated carbocycles. The van der Waals surface area contributed by atoms with Gasteiger partial charge in [0.2, 0.25) is 5.95 Å². The van der Waals surface area contributed by atoms with Gasteiger partial charge < -0.3 is 20.7 Å². The highest BCUT2D eigenvalue weighted by atomic mass is 16.6. The highest BCUT2D eigenvalue weighted by Crippen LogP contribution is 2.17. The number of hydrogen-bond acceptors (Lipinski definition) is 11. The molecule has 3 N–H and O–H groups in total. The van der Waals surface area contributed by atoms with Gasteiger partial charge in [0.1, 0.15) is 23.4 Å². The predicted octanol–water partition coefficient (Wildman–Crippen LogP) is 2.96. The number of nitrogens with zero attached hydrogens (tertiary/aromatic N) is 5. The second kappa shape index (κ2) is 11.7. The molecule has 0 fully saturated rings. The van der Waals surface area contributed by atoms with E-state index in [0.29, 0.717) is 42.8 Å². The molecule has 2 heterocycles. The molecule has 0 aliphatic carbocycles. The average Bonchev–Trinajstić information content (AvgIpc) is 2.86. The van der Waals surface area contributed by atoms with E-state index in [9.17, 15) is 14.9 Å². The summed E-state index contributed by atoms with van der Waals surface area (Å²) < 4.78 is 5.09. The quantitative estimate of drug-likeness (QED) is 0.166. The molecule has 174 valence electrons. The van der Waals surface area contributed by atoms with Crippen LogP contribution in [0.2, 0.25) is 0 Å². The molecule has 0 saturated heterocycles. The molecule has 0 aliphatic heterocycles. The first-order valence-corrected chi connectivity index (χ1v) is 10.4. The number of nitro groups is 1. The molecule has 0 unspecified atom stereocenters. The first kappa shape index (κ1) is 23.9. The number of pyridine rings is 1. The summed E-state index contributed by atoms with van der Waals surface area (Å²) in [7, 11) is 0. The molecule has 0 amide bonds. The Kier molecular flexibility index (Phi) is 8.23. The third kappa shape index (κ3) is 6.60. The van der Waals surface area contributed by atoms with Gasteiger partial charge in [-0.3, -0.25) is 10.1 Å². The second-order valence-corrected chi connectivity index (χ2v) is 6.85. The topological polar surface area (TPSA) is 168 Å². The molecule has 0 radical (unpaired) electrons. The maximum Gasteiger partial charge on any atom is 0.343 e. The fourth-order valence-electron chi connectivity index (χ4n) is 2.86. The Morgan fingerprint density at radius 2 is 1.97 bits per heavy atom. The summed E-state index contributed by atoms with van der Waals surface area (Å²) >= 11 is 0. The lowest BCUT2D eigenvalue weighted by Gasteiger charge is -2.13. The van der Waals surface area contributed by atoms with Crippen LogP contribution in [0.5, 0.6) is 0 Å². The van der Waals surface area contributed by atoms with Crippen molar-refractivity contribution in [1.82, 2.24) is 15.0 Å². The van der Waals surface area contributed by atoms with Crippen molar-refractivity contribution in [3.8, 4) is 6.07 Å². The minimum Gasteiger partial charge on any atom is -0.462 e. The Labute approximate surface area is 195 Å². The number of rotatable bonds is 11. The van der Waals surface area contributed by atoms with Gasteiger partial charge in [-0.1, -0.05) is 12.1 Å². The second-order valence-electron chi connectivity index (χ2n) is 6.85. The van der Waals surface area contributed by atoms with Gasteiger partial charge in [-0.05, 0) is 30.7 Å². The molecule has 2 aromatic heterocycles. The van der Waals surface area contributed by atoms with E-state index in [0.717, 1.165) is 5.56 Å². The molecule has 12 heteroatoms. The van der Waals surface area contributed by atoms with Gasteiger partial charge in [-0.25, -0.2) is 14.8 Å². The van der Waals surface area contributed by atoms with Gasteiger partial charge in [0.05, 0.1) is 23.2 Å². The van der Waals surface area contributed by atoms with E-state index >= 15 is 0 Å². The maximum atomic E-state index is 12.3. The van der Waals surface area contributed by atoms with E-state index in [-0.39, 0.29) is 17.9 Å². The number of ether oxygens (including phenoxy) is 1. The predicted molar refractivity (Wildman–Crippen MR) is 124 cm³/mol. The summed E-state index contributed by atoms with van der Waals surface area (Å²) in [6.07, 6.45) is 2.56. The van der Waals surface area contributed by atoms with Crippen molar-refractivity contribution in [3.05, 3.63) is 75.6 Å². The first-order valence-electron chi connectivity index (χ1n) is 10.4. The first-order chi connectivity index (χ1) is 16.5. The van der Waals surface area contributed by atoms with Crippen LogP contribution in [0.3, 0.4) is 0 Å². The highest BCUT2D eigenvalue weighted by molar-refractivity contribution is 5.94. The number of carbonyl (C=O) groups excluding carboxylic acids is 1. The van der Waals surface area contributed by atoms with Crippen LogP contribution in [0.25, 0.3) is 0 Å². The summed E-state index contributed by atoms with van der Waals surface area (Å²) in [5.41, 5.74) is 1.49. The molecule has 3 aromatic rings. The molecule has 1 aromatic carbocycles. The number of carbonyl (C=O) groups is 1. The van der Waals surface area contributed by atoms with Crippen LogP contribution in [-0.4, -0.2) is 45.5 Å². The van der Waals surface area contributed by atoms with Crippen molar-refractivity contribution in [1.29, 1.82) is 5.26 Å². The zero-order valence-electron chi connectivity index (χ0n) is 18.3. The van der Waals surface area contributed by atoms with Gasteiger partial charge in [-0.2, -0.15) is 10.2 Å². The molecular formula is C22H22N8O4. The van der Waals surface area contributed by atoms with Gasteiger partial charge in [-0.15, -0.1) is 0 Å². The molecule has 0 spiro atoms. The normalized spacial score (nSPS) is 10.1. The van der Waals surface area contributed by atoms with Crippen LogP contribution in [0, 0.1) is 21.4 Å². The number of aromatic nitrogens is 3. The summed E-state index contributed by atoms with van der Waals surface area (Å²) in [6, 6.07) is 12.1. The minimum absolute atomic E-state index is 0.0851. The Morgan fingerprint density at radius 1 is 1.15 bits per heavy atom. The number of nitriles is 1. The van der Waals surface area contributed by atoms with Crippen molar-refractivity contribution >= 4 is 29.2 Å². The van der Waals surface area contributed by atoms with Crippen molar-refractivity contribution < 1.29 is 14.5 Å². The van der Waals surface area contributed by atoms with E-state index < -0.39 is 10.9 Å². The van der Waals surface area contributed by atoms with Crippen molar-refractivity contribution in [2.75, 3.05) is 35.6 Å². The summed E-state index contributed by atoms with van der Waals surface area (Å²) in [5.74, 6) is 0.532. The summed E-state index contributed by atoms with van der Waals surface area (Å²) in [4.78, 5) is 35.0. The van der Waals surface area contributed by atoms with Crippen LogP contribution in [-0.2, 0) is 11.3 Å². The minimum atomic E-state index is -0.548. The standard InChI is InChI=1S/C22H22N8O4/c1-2-34-21(31)18-14-28-22(25-9-8-24-19-7-6-17(13-26-19)30(32)33)29-20(18)27-12-16-5-3-4-15(10-16)11-23/h3-7,10,13-14H,2,8-9,12H2,1H3,(H,24,26)(H2,25,27,28,29). The average molecular weight is 462 g/mol. The number of benzene rings is 1. The molecular weight excluding hydrogens is 440 g/mol. The smallest absolute Gasteiger partial charge is 0.343 e. The lowest BCUT2D eigenvalue weighted by atomic mass is 10.1. The zero-order valence-corrected chi connectivity index (χ0v) is 18.3. The van der Waals surface area contributed by atoms with Gasteiger partial charge in [0, 0.05) is 31.9 Å². The Bertz CT molecular complexity index is 1190. The van der Waals surface area contributed by atoms with Gasteiger partial charge >= 0.3 is 5.97 Å². The number of anilines is 3. The highest BCUT2D eigenvalue weighted by Gasteiger charge is 2.16. The summed E-state index contributed by atoms with van der Waals surface area (Å²) in [6.45, 7) is 3.12. The largest absolute Gasteiger partial charge is 0.462 e. The maximum absolute atomic E-state index is 12.3. The van der Waals surface area contributed by atoms with Crippen LogP contribution in [0.4, 0.5) is 23.3 Å². The zero-order chi connectivity index (χ0) is 24.3. The van der Waals surface area contributed by atoms with Crippen LogP contribution < -0.4 is 16.0 Å². The Hall–Kier alpha value is -4.79. The molecule has 0 aliphatic rings. The van der Waals surface area contributed by atoms with E-state index in [4.69, 9.17) is 10.00 Å². The molecule has 3 rings (SSSR count). The Morgan fingerprint density at radius 3 is 2.68 bits per heavy atom. The van der Waals surface area contributed by atoms with E-state index in [1.807, 2.05) is 6.07 Å². The van der Waals surface area contributed by atoms with Crippen molar-refractivity contribution in [2.24, 2.45) is 0 Å². The molecule has 34 heavy (non-hydrogen) atoms. The van der Waals surface area contributed by atoms with Gasteiger partial charge in [0.25, 0.3) is 5.69 Å². The SMILES string of the molecule is CCOC(=O)c1cnc(NCCNc2ccc([N+](=O)[O-])cn2)nc1NCc1cccc(C#N)c1. The van der Waals surface area contributed by atoms with E-state index in [1.54, 1.807) is 25.1 Å². The van der Waals surface area contributed by atoms with Crippen LogP contribution >= 0.6 is 0 Å². The Balaban J connectivity index is 1.63. The lowest BCUT2D eigenvalue weighted by molar-refractivity contribution is -0.385. The van der Waals surface area contributed by atoms with Crippen molar-refractivity contribution in [2.45, 2.75) is 13.5 Å². The number of nitrogens with one attached hydrogen (secondary N) is 3. The fraction of sp³-hybridized carbons (Fsp3) is 0.227. The fourth-order valence-corrected chi connectivity index (χ4v) is 2.86. The summed E-state index contributed by atoms with van der Waals surface area (Å²) in [5, 5.41) is 28.9. The van der Waals surface area contributed by atoms with E-state index in [1.165, 1.54) is 24.5 Å². The van der Waals surface area contributed by atoms with E-state index in [2.05, 4.69) is 37.0 Å². The number of hydrogen-bond donors (Lipinski definition) is 3. The molecule has 0 atom stereocenters. The van der Waals surface area contributed by atoms with Crippen LogP contribution in [0.1, 0.15) is 28.4 Å². The molecule has 0 bridgehead atoms. The number of esters is 1. The van der Waals surface area contributed by atoms with Gasteiger partial charge in [0.15, 0.2) is 0 Å².